The number of rotatable bonds is 5. The van der Waals surface area contributed by atoms with Crippen LogP contribution in [0.2, 0.25) is 0 Å². The van der Waals surface area contributed by atoms with Gasteiger partial charge in [-0.05, 0) is 36.1 Å². The minimum Gasteiger partial charge on any atom is -0.475 e. The van der Waals surface area contributed by atoms with Crippen LogP contribution >= 0.6 is 0 Å². The number of nitrogens with zero attached hydrogens (tertiary/aromatic N) is 2. The third-order valence-corrected chi connectivity index (χ3v) is 4.97. The number of ether oxygens (including phenoxy) is 2. The van der Waals surface area contributed by atoms with Crippen LogP contribution in [-0.2, 0) is 9.47 Å². The summed E-state index contributed by atoms with van der Waals surface area (Å²) in [5, 5.41) is 0. The van der Waals surface area contributed by atoms with Gasteiger partial charge in [-0.1, -0.05) is 50.2 Å². The van der Waals surface area contributed by atoms with E-state index < -0.39 is 0 Å². The molecule has 4 nitrogen and oxygen atoms in total. The number of aliphatic imine (C=N–C) groups is 2. The molecule has 0 saturated carbocycles. The van der Waals surface area contributed by atoms with Crippen molar-refractivity contribution in [3.63, 3.8) is 0 Å². The van der Waals surface area contributed by atoms with E-state index in [9.17, 15) is 0 Å². The Morgan fingerprint density at radius 2 is 1.08 bits per heavy atom. The van der Waals surface area contributed by atoms with Gasteiger partial charge in [0, 0.05) is 11.1 Å². The van der Waals surface area contributed by atoms with Gasteiger partial charge in [-0.2, -0.15) is 0 Å². The molecule has 134 valence electrons. The van der Waals surface area contributed by atoms with E-state index in [1.165, 1.54) is 0 Å². The van der Waals surface area contributed by atoms with Crippen LogP contribution in [0.3, 0.4) is 0 Å². The van der Waals surface area contributed by atoms with E-state index in [0.29, 0.717) is 13.2 Å². The van der Waals surface area contributed by atoms with Crippen LogP contribution in [0, 0.1) is 0 Å². The third kappa shape index (κ3) is 3.12. The van der Waals surface area contributed by atoms with Crippen molar-refractivity contribution in [1.29, 1.82) is 0 Å². The normalized spacial score (nSPS) is 21.8. The maximum atomic E-state index is 5.89. The van der Waals surface area contributed by atoms with Crippen LogP contribution in [0.15, 0.2) is 58.5 Å². The molecule has 2 aromatic carbocycles. The molecule has 2 aromatic rings. The Morgan fingerprint density at radius 3 is 1.42 bits per heavy atom. The van der Waals surface area contributed by atoms with Gasteiger partial charge in [0.2, 0.25) is 11.8 Å². The molecule has 2 aliphatic rings. The Bertz CT molecular complexity index is 785. The maximum absolute atomic E-state index is 5.89. The van der Waals surface area contributed by atoms with Crippen LogP contribution in [-0.4, -0.2) is 37.1 Å². The molecule has 0 spiro atoms. The molecule has 0 amide bonds. The summed E-state index contributed by atoms with van der Waals surface area (Å²) < 4.78 is 11.8. The zero-order valence-corrected chi connectivity index (χ0v) is 15.3. The molecule has 0 fully saturated rings. The summed E-state index contributed by atoms with van der Waals surface area (Å²) in [4.78, 5) is 9.50. The Labute approximate surface area is 154 Å². The largest absolute Gasteiger partial charge is 0.475 e. The minimum absolute atomic E-state index is 0.251. The lowest BCUT2D eigenvalue weighted by Gasteiger charge is -2.13. The van der Waals surface area contributed by atoms with Crippen LogP contribution in [0.4, 0.5) is 0 Å². The standard InChI is InChI=1S/C22H24N2O2/c1-3-15-13-25-21(23-15)19-11-7-5-9-17(19)18-10-6-8-12-20(18)22-24-16(4-2)14-26-22/h5-12,15-16H,3-4,13-14H2,1-2H3/t15-,16-/m1/s1. The Balaban J connectivity index is 1.79. The molecule has 0 N–H and O–H groups in total. The lowest BCUT2D eigenvalue weighted by atomic mass is 9.95. The van der Waals surface area contributed by atoms with Crippen molar-refractivity contribution >= 4 is 11.8 Å². The second-order valence-corrected chi connectivity index (χ2v) is 6.71. The van der Waals surface area contributed by atoms with Crippen molar-refractivity contribution in [2.75, 3.05) is 13.2 Å². The predicted octanol–water partition coefficient (Wildman–Crippen LogP) is 4.46. The zero-order chi connectivity index (χ0) is 17.9. The molecular formula is C22H24N2O2. The van der Waals surface area contributed by atoms with Crippen LogP contribution in [0.5, 0.6) is 0 Å². The topological polar surface area (TPSA) is 43.2 Å². The molecule has 0 radical (unpaired) electrons. The van der Waals surface area contributed by atoms with Gasteiger partial charge in [0.25, 0.3) is 0 Å². The van der Waals surface area contributed by atoms with Crippen molar-refractivity contribution in [2.24, 2.45) is 9.98 Å². The molecule has 2 aliphatic heterocycles. The van der Waals surface area contributed by atoms with Crippen LogP contribution in [0.25, 0.3) is 11.1 Å². The summed E-state index contributed by atoms with van der Waals surface area (Å²) in [5.74, 6) is 1.48. The van der Waals surface area contributed by atoms with Gasteiger partial charge in [0.05, 0.1) is 12.1 Å². The second-order valence-electron chi connectivity index (χ2n) is 6.71. The van der Waals surface area contributed by atoms with E-state index in [1.54, 1.807) is 0 Å². The summed E-state index contributed by atoms with van der Waals surface area (Å²) in [7, 11) is 0. The first-order valence-electron chi connectivity index (χ1n) is 9.40. The summed E-state index contributed by atoms with van der Waals surface area (Å²) in [5.41, 5.74) is 4.26. The molecule has 0 bridgehead atoms. The number of benzene rings is 2. The lowest BCUT2D eigenvalue weighted by Crippen LogP contribution is -2.07. The van der Waals surface area contributed by atoms with E-state index in [0.717, 1.165) is 46.9 Å². The van der Waals surface area contributed by atoms with Gasteiger partial charge in [0.1, 0.15) is 13.2 Å². The van der Waals surface area contributed by atoms with E-state index in [4.69, 9.17) is 19.5 Å². The van der Waals surface area contributed by atoms with Gasteiger partial charge in [-0.3, -0.25) is 0 Å². The summed E-state index contributed by atoms with van der Waals surface area (Å²) in [6, 6.07) is 17.1. The molecule has 0 aliphatic carbocycles. The highest BCUT2D eigenvalue weighted by molar-refractivity contribution is 6.07. The fourth-order valence-corrected chi connectivity index (χ4v) is 3.35. The molecule has 0 aromatic heterocycles. The molecule has 2 heterocycles. The predicted molar refractivity (Wildman–Crippen MR) is 105 cm³/mol. The second kappa shape index (κ2) is 7.32. The van der Waals surface area contributed by atoms with E-state index in [2.05, 4.69) is 50.2 Å². The Hall–Kier alpha value is -2.62. The Kier molecular flexibility index (Phi) is 4.74. The van der Waals surface area contributed by atoms with E-state index >= 15 is 0 Å². The molecule has 2 atom stereocenters. The molecule has 4 rings (SSSR count). The first-order valence-corrected chi connectivity index (χ1v) is 9.40. The first-order chi connectivity index (χ1) is 12.8. The van der Waals surface area contributed by atoms with Crippen molar-refractivity contribution in [3.8, 4) is 11.1 Å². The van der Waals surface area contributed by atoms with Gasteiger partial charge in [-0.15, -0.1) is 0 Å². The molecule has 4 heteroatoms. The van der Waals surface area contributed by atoms with Gasteiger partial charge >= 0.3 is 0 Å². The third-order valence-electron chi connectivity index (χ3n) is 4.97. The average Bonchev–Trinajstić information content (AvgIpc) is 3.37. The highest BCUT2D eigenvalue weighted by Crippen LogP contribution is 2.31. The van der Waals surface area contributed by atoms with E-state index in [1.807, 2.05) is 12.1 Å². The van der Waals surface area contributed by atoms with Crippen LogP contribution < -0.4 is 0 Å². The van der Waals surface area contributed by atoms with Gasteiger partial charge < -0.3 is 9.47 Å². The average molecular weight is 348 g/mol. The summed E-state index contributed by atoms with van der Waals surface area (Å²) in [6.07, 6.45) is 1.98. The van der Waals surface area contributed by atoms with E-state index in [-0.39, 0.29) is 12.1 Å². The molecule has 26 heavy (non-hydrogen) atoms. The fourth-order valence-electron chi connectivity index (χ4n) is 3.35. The molecule has 0 saturated heterocycles. The van der Waals surface area contributed by atoms with Crippen molar-refractivity contribution in [2.45, 2.75) is 38.8 Å². The quantitative estimate of drug-likeness (QED) is 0.800. The first kappa shape index (κ1) is 16.8. The SMILES string of the molecule is CC[C@@H]1COC(c2ccccc2-c2ccccc2C2=N[C@H](CC)CO2)=N1. The van der Waals surface area contributed by atoms with Gasteiger partial charge in [-0.25, -0.2) is 9.98 Å². The number of hydrogen-bond donors (Lipinski definition) is 0. The lowest BCUT2D eigenvalue weighted by molar-refractivity contribution is 0.315. The van der Waals surface area contributed by atoms with Crippen molar-refractivity contribution in [1.82, 2.24) is 0 Å². The van der Waals surface area contributed by atoms with Gasteiger partial charge in [0.15, 0.2) is 0 Å². The Morgan fingerprint density at radius 1 is 0.692 bits per heavy atom. The maximum Gasteiger partial charge on any atom is 0.217 e. The van der Waals surface area contributed by atoms with Crippen LogP contribution in [0.1, 0.15) is 37.8 Å². The zero-order valence-electron chi connectivity index (χ0n) is 15.3. The highest BCUT2D eigenvalue weighted by atomic mass is 16.5. The smallest absolute Gasteiger partial charge is 0.217 e. The molecule has 0 unspecified atom stereocenters. The summed E-state index contributed by atoms with van der Waals surface area (Å²) in [6.45, 7) is 5.61. The van der Waals surface area contributed by atoms with Crippen molar-refractivity contribution < 1.29 is 9.47 Å². The minimum atomic E-state index is 0.251. The molecular weight excluding hydrogens is 324 g/mol. The summed E-state index contributed by atoms with van der Waals surface area (Å²) >= 11 is 0. The monoisotopic (exact) mass is 348 g/mol. The highest BCUT2D eigenvalue weighted by Gasteiger charge is 2.24. The van der Waals surface area contributed by atoms with Crippen molar-refractivity contribution in [3.05, 3.63) is 59.7 Å². The fraction of sp³-hybridized carbons (Fsp3) is 0.364. The number of hydrogen-bond acceptors (Lipinski definition) is 4.